The van der Waals surface area contributed by atoms with Gasteiger partial charge in [0.05, 0.1) is 11.3 Å². The number of carbonyl (C=O) groups is 2. The molecule has 1 aromatic carbocycles. The van der Waals surface area contributed by atoms with Crippen molar-refractivity contribution in [1.29, 1.82) is 0 Å². The third-order valence-corrected chi connectivity index (χ3v) is 2.19. The standard InChI is InChI=1S/C11H9NO3/c1-7(13)6-10-8-4-2-3-5-9(8)11(14)12(10)15/h2-6,15H,1H3/b10-6-. The quantitative estimate of drug-likeness (QED) is 0.555. The minimum absolute atomic E-state index is 0.214. The Morgan fingerprint density at radius 2 is 1.93 bits per heavy atom. The fraction of sp³-hybridized carbons (Fsp3) is 0.0909. The molecule has 1 aromatic rings. The van der Waals surface area contributed by atoms with Gasteiger partial charge < -0.3 is 0 Å². The highest BCUT2D eigenvalue weighted by Crippen LogP contribution is 2.30. The van der Waals surface area contributed by atoms with Crippen LogP contribution in [0.4, 0.5) is 0 Å². The molecule has 0 atom stereocenters. The first-order valence-electron chi connectivity index (χ1n) is 4.46. The Morgan fingerprint density at radius 3 is 2.53 bits per heavy atom. The summed E-state index contributed by atoms with van der Waals surface area (Å²) < 4.78 is 0. The summed E-state index contributed by atoms with van der Waals surface area (Å²) in [5, 5.41) is 10.00. The summed E-state index contributed by atoms with van der Waals surface area (Å²) in [7, 11) is 0. The van der Waals surface area contributed by atoms with Gasteiger partial charge in [0.2, 0.25) is 0 Å². The van der Waals surface area contributed by atoms with E-state index >= 15 is 0 Å². The van der Waals surface area contributed by atoms with E-state index in [1.807, 2.05) is 0 Å². The van der Waals surface area contributed by atoms with E-state index < -0.39 is 5.91 Å². The van der Waals surface area contributed by atoms with Crippen LogP contribution in [0, 0.1) is 0 Å². The van der Waals surface area contributed by atoms with E-state index in [0.717, 1.165) is 0 Å². The SMILES string of the molecule is CC(=O)/C=C1/c2ccccc2C(=O)N1O. The predicted molar refractivity (Wildman–Crippen MR) is 53.1 cm³/mol. The van der Waals surface area contributed by atoms with Gasteiger partial charge in [0.25, 0.3) is 5.91 Å². The van der Waals surface area contributed by atoms with Gasteiger partial charge in [-0.1, -0.05) is 18.2 Å². The molecular weight excluding hydrogens is 194 g/mol. The second-order valence-corrected chi connectivity index (χ2v) is 3.30. The summed E-state index contributed by atoms with van der Waals surface area (Å²) in [6.45, 7) is 1.37. The third kappa shape index (κ3) is 1.45. The molecule has 4 heteroatoms. The lowest BCUT2D eigenvalue weighted by molar-refractivity contribution is -0.112. The Morgan fingerprint density at radius 1 is 1.33 bits per heavy atom. The maximum absolute atomic E-state index is 11.5. The molecule has 2 rings (SSSR count). The van der Waals surface area contributed by atoms with Gasteiger partial charge in [0, 0.05) is 11.6 Å². The predicted octanol–water partition coefficient (Wildman–Crippen LogP) is 1.46. The molecule has 0 aliphatic carbocycles. The van der Waals surface area contributed by atoms with Crippen molar-refractivity contribution >= 4 is 17.4 Å². The van der Waals surface area contributed by atoms with Gasteiger partial charge in [-0.2, -0.15) is 5.06 Å². The van der Waals surface area contributed by atoms with Gasteiger partial charge >= 0.3 is 0 Å². The van der Waals surface area contributed by atoms with E-state index in [9.17, 15) is 14.8 Å². The molecule has 1 N–H and O–H groups in total. The highest BCUT2D eigenvalue weighted by molar-refractivity contribution is 6.11. The highest BCUT2D eigenvalue weighted by Gasteiger charge is 2.30. The Balaban J connectivity index is 2.61. The molecule has 1 heterocycles. The molecule has 76 valence electrons. The average molecular weight is 203 g/mol. The van der Waals surface area contributed by atoms with Gasteiger partial charge in [-0.3, -0.25) is 14.8 Å². The largest absolute Gasteiger partial charge is 0.295 e. The molecule has 1 aliphatic heterocycles. The van der Waals surface area contributed by atoms with Gasteiger partial charge in [-0.25, -0.2) is 0 Å². The second-order valence-electron chi connectivity index (χ2n) is 3.30. The fourth-order valence-electron chi connectivity index (χ4n) is 1.56. The van der Waals surface area contributed by atoms with Crippen LogP contribution in [0.5, 0.6) is 0 Å². The summed E-state index contributed by atoms with van der Waals surface area (Å²) in [4.78, 5) is 22.4. The smallest absolute Gasteiger partial charge is 0.282 e. The van der Waals surface area contributed by atoms with Crippen LogP contribution in [-0.2, 0) is 4.79 Å². The summed E-state index contributed by atoms with van der Waals surface area (Å²) >= 11 is 0. The summed E-state index contributed by atoms with van der Waals surface area (Å²) in [6.07, 6.45) is 1.24. The Kier molecular flexibility index (Phi) is 2.13. The van der Waals surface area contributed by atoms with Crippen LogP contribution >= 0.6 is 0 Å². The number of amides is 1. The van der Waals surface area contributed by atoms with Crippen LogP contribution in [0.15, 0.2) is 30.3 Å². The van der Waals surface area contributed by atoms with E-state index in [-0.39, 0.29) is 11.5 Å². The number of hydrogen-bond donors (Lipinski definition) is 1. The van der Waals surface area contributed by atoms with Gasteiger partial charge in [-0.05, 0) is 13.0 Å². The minimum Gasteiger partial charge on any atom is -0.295 e. The normalized spacial score (nSPS) is 17.1. The zero-order chi connectivity index (χ0) is 11.0. The number of carbonyl (C=O) groups excluding carboxylic acids is 2. The topological polar surface area (TPSA) is 57.6 Å². The fourth-order valence-corrected chi connectivity index (χ4v) is 1.56. The van der Waals surface area contributed by atoms with Crippen LogP contribution in [-0.4, -0.2) is 22.0 Å². The lowest BCUT2D eigenvalue weighted by atomic mass is 10.1. The maximum Gasteiger partial charge on any atom is 0.282 e. The first-order chi connectivity index (χ1) is 7.11. The molecule has 0 saturated heterocycles. The number of allylic oxidation sites excluding steroid dienone is 1. The van der Waals surface area contributed by atoms with Crippen molar-refractivity contribution in [3.8, 4) is 0 Å². The number of ketones is 1. The summed E-state index contributed by atoms with van der Waals surface area (Å²) in [6, 6.07) is 6.76. The van der Waals surface area contributed by atoms with Crippen LogP contribution in [0.3, 0.4) is 0 Å². The van der Waals surface area contributed by atoms with Gasteiger partial charge in [-0.15, -0.1) is 0 Å². The highest BCUT2D eigenvalue weighted by atomic mass is 16.5. The number of benzene rings is 1. The molecule has 15 heavy (non-hydrogen) atoms. The lowest BCUT2D eigenvalue weighted by Crippen LogP contribution is -2.18. The number of nitrogens with zero attached hydrogens (tertiary/aromatic N) is 1. The van der Waals surface area contributed by atoms with Gasteiger partial charge in [0.15, 0.2) is 5.78 Å². The van der Waals surface area contributed by atoms with E-state index in [4.69, 9.17) is 0 Å². The van der Waals surface area contributed by atoms with E-state index in [2.05, 4.69) is 0 Å². The van der Waals surface area contributed by atoms with E-state index in [0.29, 0.717) is 16.2 Å². The number of fused-ring (bicyclic) bond motifs is 1. The van der Waals surface area contributed by atoms with Gasteiger partial charge in [0.1, 0.15) is 0 Å². The van der Waals surface area contributed by atoms with E-state index in [1.54, 1.807) is 24.3 Å². The molecule has 0 spiro atoms. The minimum atomic E-state index is -0.502. The Labute approximate surface area is 86.4 Å². The maximum atomic E-state index is 11.5. The van der Waals surface area contributed by atoms with E-state index in [1.165, 1.54) is 13.0 Å². The second kappa shape index (κ2) is 3.33. The first-order valence-corrected chi connectivity index (χ1v) is 4.46. The van der Waals surface area contributed by atoms with Crippen molar-refractivity contribution in [2.45, 2.75) is 6.92 Å². The lowest BCUT2D eigenvalue weighted by Gasteiger charge is -2.07. The summed E-state index contributed by atoms with van der Waals surface area (Å²) in [5.41, 5.74) is 1.23. The zero-order valence-corrected chi connectivity index (χ0v) is 8.10. The van der Waals surface area contributed by atoms with Crippen LogP contribution in [0.1, 0.15) is 22.8 Å². The monoisotopic (exact) mass is 203 g/mol. The van der Waals surface area contributed by atoms with Crippen LogP contribution in [0.2, 0.25) is 0 Å². The van der Waals surface area contributed by atoms with Crippen molar-refractivity contribution in [3.63, 3.8) is 0 Å². The molecule has 0 saturated carbocycles. The molecule has 0 radical (unpaired) electrons. The number of hydroxylamine groups is 2. The summed E-state index contributed by atoms with van der Waals surface area (Å²) in [5.74, 6) is -0.716. The van der Waals surface area contributed by atoms with Crippen LogP contribution in [0.25, 0.3) is 5.70 Å². The molecule has 1 amide bonds. The zero-order valence-electron chi connectivity index (χ0n) is 8.10. The molecule has 0 unspecified atom stereocenters. The molecule has 1 aliphatic rings. The Bertz CT molecular complexity index is 476. The van der Waals surface area contributed by atoms with Crippen molar-refractivity contribution in [3.05, 3.63) is 41.5 Å². The molecule has 0 bridgehead atoms. The van der Waals surface area contributed by atoms with Crippen molar-refractivity contribution in [1.82, 2.24) is 5.06 Å². The molecule has 0 fully saturated rings. The van der Waals surface area contributed by atoms with Crippen molar-refractivity contribution < 1.29 is 14.8 Å². The number of hydrogen-bond acceptors (Lipinski definition) is 3. The van der Waals surface area contributed by atoms with Crippen molar-refractivity contribution in [2.75, 3.05) is 0 Å². The molecular formula is C11H9NO3. The average Bonchev–Trinajstić information content (AvgIpc) is 2.44. The Hall–Kier alpha value is -1.94. The molecule has 4 nitrogen and oxygen atoms in total. The van der Waals surface area contributed by atoms with Crippen LogP contribution < -0.4 is 0 Å². The number of rotatable bonds is 1. The third-order valence-electron chi connectivity index (χ3n) is 2.19. The first kappa shape index (κ1) is 9.61. The van der Waals surface area contributed by atoms with Crippen molar-refractivity contribution in [2.24, 2.45) is 0 Å². The molecule has 0 aromatic heterocycles.